The minimum atomic E-state index is 0.0474. The lowest BCUT2D eigenvalue weighted by atomic mass is 10.1. The van der Waals surface area contributed by atoms with Gasteiger partial charge in [0.25, 0.3) is 0 Å². The molecule has 1 unspecified atom stereocenters. The van der Waals surface area contributed by atoms with Gasteiger partial charge in [0.05, 0.1) is 17.9 Å². The Morgan fingerprint density at radius 3 is 2.76 bits per heavy atom. The van der Waals surface area contributed by atoms with Gasteiger partial charge in [0.2, 0.25) is 0 Å². The molecule has 5 heteroatoms. The molecule has 2 rings (SSSR count). The van der Waals surface area contributed by atoms with Crippen molar-refractivity contribution in [2.75, 3.05) is 0 Å². The molecule has 0 saturated heterocycles. The summed E-state index contributed by atoms with van der Waals surface area (Å²) in [6.45, 7) is 3.74. The van der Waals surface area contributed by atoms with Crippen LogP contribution in [-0.2, 0) is 0 Å². The Labute approximate surface area is 125 Å². The van der Waals surface area contributed by atoms with Gasteiger partial charge >= 0.3 is 0 Å². The highest BCUT2D eigenvalue weighted by Gasteiger charge is 2.13. The zero-order chi connectivity index (χ0) is 14.9. The summed E-state index contributed by atoms with van der Waals surface area (Å²) in [4.78, 5) is 1.64. The molecule has 1 aromatic heterocycles. The molecule has 1 aromatic carbocycles. The zero-order valence-corrected chi connectivity index (χ0v) is 12.3. The topological polar surface area (TPSA) is 68.8 Å². The lowest BCUT2D eigenvalue weighted by Crippen LogP contribution is -2.28. The van der Waals surface area contributed by atoms with Crippen LogP contribution in [0.1, 0.15) is 43.8 Å². The first-order valence-electron chi connectivity index (χ1n) is 7.40. The average molecular weight is 285 g/mol. The van der Waals surface area contributed by atoms with Crippen LogP contribution in [0.3, 0.4) is 0 Å². The molecule has 0 bridgehead atoms. The van der Waals surface area contributed by atoms with E-state index in [0.717, 1.165) is 30.6 Å². The highest BCUT2D eigenvalue weighted by molar-refractivity contribution is 5.28. The van der Waals surface area contributed by atoms with E-state index in [1.807, 2.05) is 36.4 Å². The first-order valence-corrected chi connectivity index (χ1v) is 7.40. The third-order valence-corrected chi connectivity index (χ3v) is 3.46. The Kier molecular flexibility index (Phi) is 6.12. The molecule has 2 aromatic rings. The number of aromatic nitrogens is 3. The molecule has 1 atom stereocenters. The Morgan fingerprint density at radius 1 is 1.24 bits per heavy atom. The van der Waals surface area contributed by atoms with E-state index in [-0.39, 0.29) is 6.04 Å². The van der Waals surface area contributed by atoms with Crippen molar-refractivity contribution in [1.29, 1.82) is 0 Å². The van der Waals surface area contributed by atoms with Crippen molar-refractivity contribution in [2.45, 2.75) is 38.1 Å². The van der Waals surface area contributed by atoms with Crippen molar-refractivity contribution in [1.82, 2.24) is 20.4 Å². The minimum Gasteiger partial charge on any atom is -0.271 e. The molecule has 21 heavy (non-hydrogen) atoms. The second kappa shape index (κ2) is 8.34. The summed E-state index contributed by atoms with van der Waals surface area (Å²) in [5.41, 5.74) is 4.67. The van der Waals surface area contributed by atoms with E-state index in [1.165, 1.54) is 12.8 Å². The fourth-order valence-electron chi connectivity index (χ4n) is 2.25. The van der Waals surface area contributed by atoms with E-state index in [4.69, 9.17) is 5.84 Å². The Bertz CT molecular complexity index is 535. The van der Waals surface area contributed by atoms with Crippen molar-refractivity contribution in [3.05, 3.63) is 54.9 Å². The van der Waals surface area contributed by atoms with E-state index in [9.17, 15) is 0 Å². The number of unbranched alkanes of at least 4 members (excludes halogenated alkanes) is 3. The van der Waals surface area contributed by atoms with Gasteiger partial charge < -0.3 is 0 Å². The van der Waals surface area contributed by atoms with Gasteiger partial charge in [0, 0.05) is 0 Å². The third-order valence-electron chi connectivity index (χ3n) is 3.46. The fraction of sp³-hybridized carbons (Fsp3) is 0.375. The quantitative estimate of drug-likeness (QED) is 0.322. The molecule has 0 spiro atoms. The first-order chi connectivity index (χ1) is 10.3. The van der Waals surface area contributed by atoms with Crippen molar-refractivity contribution in [3.8, 4) is 5.69 Å². The molecule has 112 valence electrons. The molecule has 5 nitrogen and oxygen atoms in total. The predicted octanol–water partition coefficient (Wildman–Crippen LogP) is 2.91. The highest BCUT2D eigenvalue weighted by atomic mass is 15.5. The van der Waals surface area contributed by atoms with Crippen LogP contribution in [0, 0.1) is 0 Å². The van der Waals surface area contributed by atoms with Gasteiger partial charge in [-0.2, -0.15) is 15.0 Å². The fourth-order valence-corrected chi connectivity index (χ4v) is 2.25. The second-order valence-electron chi connectivity index (χ2n) is 5.04. The summed E-state index contributed by atoms with van der Waals surface area (Å²) in [6, 6.07) is 9.91. The molecule has 0 radical (unpaired) electrons. The average Bonchev–Trinajstić information content (AvgIpc) is 3.01. The van der Waals surface area contributed by atoms with E-state index in [1.54, 1.807) is 11.0 Å². The summed E-state index contributed by atoms with van der Waals surface area (Å²) in [5, 5.41) is 8.82. The van der Waals surface area contributed by atoms with Crippen LogP contribution in [0.15, 0.2) is 49.2 Å². The minimum absolute atomic E-state index is 0.0474. The molecule has 0 aliphatic carbocycles. The molecule has 0 aliphatic rings. The SMILES string of the molecule is C=CCCCCCC(NN)c1cnn(-c2ccccc2)n1. The van der Waals surface area contributed by atoms with E-state index >= 15 is 0 Å². The van der Waals surface area contributed by atoms with E-state index in [0.29, 0.717) is 0 Å². The lowest BCUT2D eigenvalue weighted by molar-refractivity contribution is 0.471. The van der Waals surface area contributed by atoms with Crippen molar-refractivity contribution < 1.29 is 0 Å². The molecular weight excluding hydrogens is 262 g/mol. The number of hydrogen-bond acceptors (Lipinski definition) is 4. The van der Waals surface area contributed by atoms with Crippen LogP contribution in [0.2, 0.25) is 0 Å². The van der Waals surface area contributed by atoms with Gasteiger partial charge in [0.1, 0.15) is 5.69 Å². The second-order valence-corrected chi connectivity index (χ2v) is 5.04. The standard InChI is InChI=1S/C16H23N5/c1-2-3-4-5-9-12-15(19-17)16-13-18-21(20-16)14-10-7-6-8-11-14/h2,6-8,10-11,13,15,19H,1,3-5,9,12,17H2. The van der Waals surface area contributed by atoms with Gasteiger partial charge in [0.15, 0.2) is 0 Å². The van der Waals surface area contributed by atoms with Crippen molar-refractivity contribution >= 4 is 0 Å². The van der Waals surface area contributed by atoms with Crippen LogP contribution in [0.25, 0.3) is 5.69 Å². The van der Waals surface area contributed by atoms with Crippen LogP contribution in [0.5, 0.6) is 0 Å². The molecule has 1 heterocycles. The summed E-state index contributed by atoms with van der Waals surface area (Å²) in [7, 11) is 0. The summed E-state index contributed by atoms with van der Waals surface area (Å²) in [5.74, 6) is 5.65. The molecule has 0 saturated carbocycles. The van der Waals surface area contributed by atoms with Crippen LogP contribution < -0.4 is 11.3 Å². The molecule has 0 fully saturated rings. The van der Waals surface area contributed by atoms with Gasteiger partial charge in [-0.3, -0.25) is 11.3 Å². The number of hydrazine groups is 1. The largest absolute Gasteiger partial charge is 0.271 e. The number of allylic oxidation sites excluding steroid dienone is 1. The maximum absolute atomic E-state index is 5.65. The Hall–Kier alpha value is -1.98. The summed E-state index contributed by atoms with van der Waals surface area (Å²) >= 11 is 0. The van der Waals surface area contributed by atoms with E-state index < -0.39 is 0 Å². The highest BCUT2D eigenvalue weighted by Crippen LogP contribution is 2.18. The van der Waals surface area contributed by atoms with Crippen LogP contribution in [-0.4, -0.2) is 15.0 Å². The number of nitrogens with zero attached hydrogens (tertiary/aromatic N) is 3. The van der Waals surface area contributed by atoms with Gasteiger partial charge in [-0.05, 0) is 31.4 Å². The number of para-hydroxylation sites is 1. The number of hydrogen-bond donors (Lipinski definition) is 2. The van der Waals surface area contributed by atoms with Crippen molar-refractivity contribution in [3.63, 3.8) is 0 Å². The number of nitrogens with one attached hydrogen (secondary N) is 1. The Balaban J connectivity index is 1.93. The third kappa shape index (κ3) is 4.51. The van der Waals surface area contributed by atoms with Crippen molar-refractivity contribution in [2.24, 2.45) is 5.84 Å². The van der Waals surface area contributed by atoms with Crippen LogP contribution >= 0.6 is 0 Å². The predicted molar refractivity (Wildman–Crippen MR) is 84.7 cm³/mol. The molecule has 0 aliphatic heterocycles. The molecule has 0 amide bonds. The normalized spacial score (nSPS) is 12.2. The van der Waals surface area contributed by atoms with Gasteiger partial charge in [-0.1, -0.05) is 37.1 Å². The monoisotopic (exact) mass is 285 g/mol. The maximum atomic E-state index is 5.65. The summed E-state index contributed by atoms with van der Waals surface area (Å²) < 4.78 is 0. The number of nitrogens with two attached hydrogens (primary N) is 1. The summed E-state index contributed by atoms with van der Waals surface area (Å²) in [6.07, 6.45) is 9.24. The first kappa shape index (κ1) is 15.4. The van der Waals surface area contributed by atoms with Crippen LogP contribution in [0.4, 0.5) is 0 Å². The van der Waals surface area contributed by atoms with E-state index in [2.05, 4.69) is 22.2 Å². The molecule has 3 N–H and O–H groups in total. The Morgan fingerprint density at radius 2 is 2.05 bits per heavy atom. The smallest absolute Gasteiger partial charge is 0.101 e. The van der Waals surface area contributed by atoms with Gasteiger partial charge in [-0.25, -0.2) is 0 Å². The lowest BCUT2D eigenvalue weighted by Gasteiger charge is -2.12. The maximum Gasteiger partial charge on any atom is 0.101 e. The number of rotatable bonds is 9. The molecular formula is C16H23N5. The van der Waals surface area contributed by atoms with Gasteiger partial charge in [-0.15, -0.1) is 6.58 Å². The zero-order valence-electron chi connectivity index (χ0n) is 12.3. The number of benzene rings is 1.